The average Bonchev–Trinajstić information content (AvgIpc) is 2.34. The van der Waals surface area contributed by atoms with Crippen molar-refractivity contribution in [2.45, 2.75) is 13.1 Å². The summed E-state index contributed by atoms with van der Waals surface area (Å²) >= 11 is 0. The van der Waals surface area contributed by atoms with E-state index in [0.29, 0.717) is 6.61 Å². The predicted molar refractivity (Wildman–Crippen MR) is 64.3 cm³/mol. The van der Waals surface area contributed by atoms with Gasteiger partial charge < -0.3 is 19.9 Å². The molecule has 0 heterocycles. The van der Waals surface area contributed by atoms with E-state index in [4.69, 9.17) is 10.5 Å². The number of rotatable bonds is 6. The number of esters is 1. The van der Waals surface area contributed by atoms with Crippen molar-refractivity contribution in [3.05, 3.63) is 23.8 Å². The molecule has 2 N–H and O–H groups in total. The summed E-state index contributed by atoms with van der Waals surface area (Å²) in [4.78, 5) is 11.7. The molecular formula is C12H14F3NO4. The number of alkyl halides is 3. The molecule has 8 heteroatoms. The third-order valence-electron chi connectivity index (χ3n) is 2.10. The molecule has 0 saturated carbocycles. The normalized spacial score (nSPS) is 11.2. The highest BCUT2D eigenvalue weighted by molar-refractivity contribution is 5.98. The van der Waals surface area contributed by atoms with Gasteiger partial charge in [0.25, 0.3) is 0 Å². The van der Waals surface area contributed by atoms with Crippen molar-refractivity contribution in [3.63, 3.8) is 0 Å². The van der Waals surface area contributed by atoms with Crippen molar-refractivity contribution in [1.29, 1.82) is 0 Å². The monoisotopic (exact) mass is 293 g/mol. The van der Waals surface area contributed by atoms with E-state index >= 15 is 0 Å². The number of benzene rings is 1. The van der Waals surface area contributed by atoms with E-state index in [-0.39, 0.29) is 17.0 Å². The number of hydrogen-bond acceptors (Lipinski definition) is 5. The van der Waals surface area contributed by atoms with Crippen LogP contribution in [0.4, 0.5) is 18.9 Å². The Morgan fingerprint density at radius 2 is 2.05 bits per heavy atom. The Bertz CT molecular complexity index is 463. The summed E-state index contributed by atoms with van der Waals surface area (Å²) in [7, 11) is 0. The average molecular weight is 293 g/mol. The van der Waals surface area contributed by atoms with Crippen LogP contribution in [0.2, 0.25) is 0 Å². The van der Waals surface area contributed by atoms with Gasteiger partial charge in [-0.25, -0.2) is 4.79 Å². The lowest BCUT2D eigenvalue weighted by molar-refractivity contribution is -0.190. The number of nitrogens with two attached hydrogens (primary N) is 1. The lowest BCUT2D eigenvalue weighted by Crippen LogP contribution is -2.20. The number of anilines is 1. The Kier molecular flexibility index (Phi) is 5.63. The van der Waals surface area contributed by atoms with Crippen LogP contribution in [0.1, 0.15) is 17.3 Å². The van der Waals surface area contributed by atoms with E-state index in [1.165, 1.54) is 12.1 Å². The summed E-state index contributed by atoms with van der Waals surface area (Å²) in [6.45, 7) is -0.305. The smallest absolute Gasteiger partial charge is 0.411 e. The van der Waals surface area contributed by atoms with Gasteiger partial charge in [-0.05, 0) is 19.1 Å². The zero-order valence-electron chi connectivity index (χ0n) is 10.7. The Balaban J connectivity index is 2.63. The Hall–Kier alpha value is -1.96. The van der Waals surface area contributed by atoms with Crippen LogP contribution in [-0.4, -0.2) is 32.2 Å². The maximum absolute atomic E-state index is 11.8. The molecule has 1 rings (SSSR count). The third kappa shape index (κ3) is 4.96. The summed E-state index contributed by atoms with van der Waals surface area (Å²) in [5.74, 6) is -0.706. The Labute approximate surface area is 113 Å². The zero-order chi connectivity index (χ0) is 15.2. The van der Waals surface area contributed by atoms with Crippen molar-refractivity contribution in [3.8, 4) is 5.75 Å². The fraction of sp³-hybridized carbons (Fsp3) is 0.417. The van der Waals surface area contributed by atoms with Gasteiger partial charge >= 0.3 is 12.1 Å². The predicted octanol–water partition coefficient (Wildman–Crippen LogP) is 2.36. The second kappa shape index (κ2) is 6.99. The summed E-state index contributed by atoms with van der Waals surface area (Å²) < 4.78 is 49.4. The molecule has 0 saturated heterocycles. The summed E-state index contributed by atoms with van der Waals surface area (Å²) in [6, 6.07) is 4.54. The first kappa shape index (κ1) is 16.1. The van der Waals surface area contributed by atoms with Gasteiger partial charge in [-0.15, -0.1) is 0 Å². The molecule has 0 atom stereocenters. The Morgan fingerprint density at radius 1 is 1.35 bits per heavy atom. The van der Waals surface area contributed by atoms with Gasteiger partial charge in [0.05, 0.1) is 6.61 Å². The molecule has 0 aliphatic carbocycles. The lowest BCUT2D eigenvalue weighted by atomic mass is 10.1. The number of nitrogen functional groups attached to an aromatic ring is 1. The molecule has 0 radical (unpaired) electrons. The van der Waals surface area contributed by atoms with Crippen molar-refractivity contribution in [2.24, 2.45) is 0 Å². The second-order valence-corrected chi connectivity index (χ2v) is 3.67. The summed E-state index contributed by atoms with van der Waals surface area (Å²) in [6.07, 6.45) is -4.48. The molecule has 0 aliphatic rings. The molecule has 0 spiro atoms. The minimum Gasteiger partial charge on any atom is -0.493 e. The van der Waals surface area contributed by atoms with E-state index in [2.05, 4.69) is 9.47 Å². The minimum atomic E-state index is -4.48. The molecule has 1 aromatic carbocycles. The fourth-order valence-electron chi connectivity index (χ4n) is 1.37. The molecule has 0 amide bonds. The van der Waals surface area contributed by atoms with Crippen LogP contribution in [0.5, 0.6) is 5.75 Å². The van der Waals surface area contributed by atoms with Crippen molar-refractivity contribution in [1.82, 2.24) is 0 Å². The largest absolute Gasteiger partial charge is 0.493 e. The molecular weight excluding hydrogens is 279 g/mol. The molecule has 5 nitrogen and oxygen atoms in total. The summed E-state index contributed by atoms with van der Waals surface area (Å²) in [5, 5.41) is 0. The van der Waals surface area contributed by atoms with Gasteiger partial charge in [-0.1, -0.05) is 6.07 Å². The quantitative estimate of drug-likeness (QED) is 0.377. The van der Waals surface area contributed by atoms with Crippen LogP contribution < -0.4 is 10.5 Å². The Morgan fingerprint density at radius 3 is 2.65 bits per heavy atom. The van der Waals surface area contributed by atoms with E-state index in [0.717, 1.165) is 0 Å². The van der Waals surface area contributed by atoms with Crippen molar-refractivity contribution < 1.29 is 32.2 Å². The van der Waals surface area contributed by atoms with Gasteiger partial charge in [-0.3, -0.25) is 0 Å². The minimum absolute atomic E-state index is 0.0371. The summed E-state index contributed by atoms with van der Waals surface area (Å²) in [5.41, 5.74) is 5.70. The molecule has 0 bridgehead atoms. The number of carbonyl (C=O) groups excluding carboxylic acids is 1. The third-order valence-corrected chi connectivity index (χ3v) is 2.10. The highest BCUT2D eigenvalue weighted by atomic mass is 19.4. The first-order chi connectivity index (χ1) is 9.35. The number of carbonyl (C=O) groups is 1. The van der Waals surface area contributed by atoms with Crippen LogP contribution >= 0.6 is 0 Å². The molecule has 0 aliphatic heterocycles. The second-order valence-electron chi connectivity index (χ2n) is 3.67. The number of ether oxygens (including phenoxy) is 3. The zero-order valence-corrected chi connectivity index (χ0v) is 10.7. The lowest BCUT2D eigenvalue weighted by Gasteiger charge is -2.12. The van der Waals surface area contributed by atoms with Crippen LogP contribution in [0.15, 0.2) is 18.2 Å². The van der Waals surface area contributed by atoms with Crippen LogP contribution in [0.3, 0.4) is 0 Å². The van der Waals surface area contributed by atoms with Crippen LogP contribution in [-0.2, 0) is 9.47 Å². The molecule has 112 valence electrons. The highest BCUT2D eigenvalue weighted by Crippen LogP contribution is 2.25. The molecule has 1 aromatic rings. The van der Waals surface area contributed by atoms with Crippen LogP contribution in [0.25, 0.3) is 0 Å². The first-order valence-corrected chi connectivity index (χ1v) is 5.68. The molecule has 0 aromatic heterocycles. The SMILES string of the molecule is CCOc1cccc(N)c1C(=O)OCOCC(F)(F)F. The van der Waals surface area contributed by atoms with Gasteiger partial charge in [-0.2, -0.15) is 13.2 Å². The van der Waals surface area contributed by atoms with Crippen molar-refractivity contribution >= 4 is 11.7 Å². The van der Waals surface area contributed by atoms with E-state index in [1.807, 2.05) is 0 Å². The maximum Gasteiger partial charge on any atom is 0.411 e. The van der Waals surface area contributed by atoms with Crippen molar-refractivity contribution in [2.75, 3.05) is 25.7 Å². The molecule has 0 fully saturated rings. The van der Waals surface area contributed by atoms with E-state index in [9.17, 15) is 18.0 Å². The first-order valence-electron chi connectivity index (χ1n) is 5.68. The highest BCUT2D eigenvalue weighted by Gasteiger charge is 2.27. The van der Waals surface area contributed by atoms with Crippen LogP contribution in [0, 0.1) is 0 Å². The fourth-order valence-corrected chi connectivity index (χ4v) is 1.37. The van der Waals surface area contributed by atoms with Gasteiger partial charge in [0.1, 0.15) is 17.9 Å². The number of hydrogen-bond donors (Lipinski definition) is 1. The topological polar surface area (TPSA) is 70.8 Å². The molecule has 20 heavy (non-hydrogen) atoms. The van der Waals surface area contributed by atoms with Gasteiger partial charge in [0, 0.05) is 5.69 Å². The number of halogens is 3. The van der Waals surface area contributed by atoms with E-state index < -0.39 is 25.5 Å². The standard InChI is InChI=1S/C12H14F3NO4/c1-2-19-9-5-3-4-8(16)10(9)11(17)20-7-18-6-12(13,14)15/h3-5H,2,6-7,16H2,1H3. The van der Waals surface area contributed by atoms with Gasteiger partial charge in [0.15, 0.2) is 6.79 Å². The molecule has 0 unspecified atom stereocenters. The van der Waals surface area contributed by atoms with Gasteiger partial charge in [0.2, 0.25) is 0 Å². The maximum atomic E-state index is 11.8. The van der Waals surface area contributed by atoms with E-state index in [1.54, 1.807) is 13.0 Å².